The van der Waals surface area contributed by atoms with E-state index in [2.05, 4.69) is 6.58 Å². The maximum absolute atomic E-state index is 13.1. The molecule has 1 unspecified atom stereocenters. The Morgan fingerprint density at radius 2 is 1.89 bits per heavy atom. The van der Waals surface area contributed by atoms with Crippen LogP contribution in [0.15, 0.2) is 43.0 Å². The first kappa shape index (κ1) is 15.8. The fourth-order valence-corrected chi connectivity index (χ4v) is 2.10. The highest BCUT2D eigenvalue weighted by atomic mass is 19.4. The first-order valence-electron chi connectivity index (χ1n) is 6.44. The predicted octanol–water partition coefficient (Wildman–Crippen LogP) is 4.41. The molecule has 0 heterocycles. The average molecular weight is 271 g/mol. The van der Waals surface area contributed by atoms with Crippen LogP contribution in [0.1, 0.15) is 25.3 Å². The summed E-state index contributed by atoms with van der Waals surface area (Å²) in [5, 5.41) is 0. The molecule has 0 fully saturated rings. The summed E-state index contributed by atoms with van der Waals surface area (Å²) in [5.41, 5.74) is 0.897. The van der Waals surface area contributed by atoms with E-state index in [1.165, 1.54) is 11.0 Å². The third kappa shape index (κ3) is 5.07. The summed E-state index contributed by atoms with van der Waals surface area (Å²) >= 11 is 0. The second kappa shape index (κ2) is 7.34. The summed E-state index contributed by atoms with van der Waals surface area (Å²) < 4.78 is 39.3. The highest BCUT2D eigenvalue weighted by Crippen LogP contribution is 2.28. The molecular formula is C15H20F3N. The molecule has 4 heteroatoms. The molecule has 0 amide bonds. The van der Waals surface area contributed by atoms with Gasteiger partial charge in [0.2, 0.25) is 0 Å². The molecule has 0 spiro atoms. The van der Waals surface area contributed by atoms with Crippen molar-refractivity contribution in [2.24, 2.45) is 0 Å². The number of alkyl halides is 3. The van der Waals surface area contributed by atoms with Crippen LogP contribution in [-0.4, -0.2) is 23.7 Å². The van der Waals surface area contributed by atoms with Gasteiger partial charge in [-0.2, -0.15) is 13.2 Å². The van der Waals surface area contributed by atoms with E-state index in [0.717, 1.165) is 5.56 Å². The molecule has 106 valence electrons. The lowest BCUT2D eigenvalue weighted by Gasteiger charge is -2.32. The van der Waals surface area contributed by atoms with Crippen LogP contribution in [0.2, 0.25) is 0 Å². The first-order valence-corrected chi connectivity index (χ1v) is 6.44. The van der Waals surface area contributed by atoms with Crippen molar-refractivity contribution in [3.63, 3.8) is 0 Å². The standard InChI is InChI=1S/C15H20F3N/c1-3-8-14(15(16,17)18)19(11-4-2)12-13-9-6-5-7-10-13/h3,5-7,9-10,14H,1,4,8,11-12H2,2H3. The molecule has 1 aromatic carbocycles. The molecule has 1 rings (SSSR count). The molecule has 0 aliphatic rings. The van der Waals surface area contributed by atoms with E-state index in [1.807, 2.05) is 37.3 Å². The predicted molar refractivity (Wildman–Crippen MR) is 71.8 cm³/mol. The number of halogens is 3. The number of benzene rings is 1. The maximum atomic E-state index is 13.1. The quantitative estimate of drug-likeness (QED) is 0.664. The van der Waals surface area contributed by atoms with Gasteiger partial charge in [0.1, 0.15) is 6.04 Å². The van der Waals surface area contributed by atoms with Crippen LogP contribution in [0, 0.1) is 0 Å². The zero-order valence-corrected chi connectivity index (χ0v) is 11.2. The Bertz CT molecular complexity index is 373. The van der Waals surface area contributed by atoms with Crippen molar-refractivity contribution in [1.29, 1.82) is 0 Å². The normalized spacial score (nSPS) is 13.5. The van der Waals surface area contributed by atoms with Crippen LogP contribution in [-0.2, 0) is 6.54 Å². The lowest BCUT2D eigenvalue weighted by atomic mass is 10.1. The molecule has 19 heavy (non-hydrogen) atoms. The van der Waals surface area contributed by atoms with E-state index in [0.29, 0.717) is 19.5 Å². The minimum absolute atomic E-state index is 0.0731. The Hall–Kier alpha value is -1.29. The van der Waals surface area contributed by atoms with E-state index in [4.69, 9.17) is 0 Å². The largest absolute Gasteiger partial charge is 0.404 e. The molecule has 0 saturated heterocycles. The number of hydrogen-bond acceptors (Lipinski definition) is 1. The molecule has 0 aromatic heterocycles. The molecular weight excluding hydrogens is 251 g/mol. The second-order valence-corrected chi connectivity index (χ2v) is 4.54. The van der Waals surface area contributed by atoms with E-state index < -0.39 is 12.2 Å². The molecule has 0 radical (unpaired) electrons. The smallest absolute Gasteiger partial charge is 0.288 e. The van der Waals surface area contributed by atoms with Gasteiger partial charge in [0.05, 0.1) is 0 Å². The van der Waals surface area contributed by atoms with Crippen molar-refractivity contribution in [3.05, 3.63) is 48.6 Å². The SMILES string of the molecule is C=CCC(N(CCC)Cc1ccccc1)C(F)(F)F. The second-order valence-electron chi connectivity index (χ2n) is 4.54. The van der Waals surface area contributed by atoms with Gasteiger partial charge in [0.15, 0.2) is 0 Å². The van der Waals surface area contributed by atoms with Gasteiger partial charge in [-0.15, -0.1) is 6.58 Å². The Morgan fingerprint density at radius 3 is 2.37 bits per heavy atom. The van der Waals surface area contributed by atoms with Gasteiger partial charge in [-0.05, 0) is 24.9 Å². The summed E-state index contributed by atoms with van der Waals surface area (Å²) in [7, 11) is 0. The minimum atomic E-state index is -4.22. The minimum Gasteiger partial charge on any atom is -0.288 e. The van der Waals surface area contributed by atoms with Crippen LogP contribution >= 0.6 is 0 Å². The molecule has 1 nitrogen and oxygen atoms in total. The lowest BCUT2D eigenvalue weighted by molar-refractivity contribution is -0.184. The van der Waals surface area contributed by atoms with Crippen LogP contribution in [0.4, 0.5) is 13.2 Å². The van der Waals surface area contributed by atoms with Gasteiger partial charge < -0.3 is 0 Å². The van der Waals surface area contributed by atoms with Crippen molar-refractivity contribution in [3.8, 4) is 0 Å². The Morgan fingerprint density at radius 1 is 1.26 bits per heavy atom. The highest BCUT2D eigenvalue weighted by Gasteiger charge is 2.42. The number of hydrogen-bond donors (Lipinski definition) is 0. The maximum Gasteiger partial charge on any atom is 0.404 e. The van der Waals surface area contributed by atoms with Gasteiger partial charge in [-0.25, -0.2) is 0 Å². The third-order valence-corrected chi connectivity index (χ3v) is 2.95. The molecule has 1 atom stereocenters. The van der Waals surface area contributed by atoms with Crippen molar-refractivity contribution < 1.29 is 13.2 Å². The third-order valence-electron chi connectivity index (χ3n) is 2.95. The van der Waals surface area contributed by atoms with Crippen LogP contribution in [0.5, 0.6) is 0 Å². The van der Waals surface area contributed by atoms with Gasteiger partial charge in [0.25, 0.3) is 0 Å². The molecule has 0 N–H and O–H groups in total. The van der Waals surface area contributed by atoms with Crippen molar-refractivity contribution >= 4 is 0 Å². The van der Waals surface area contributed by atoms with E-state index in [1.54, 1.807) is 0 Å². The monoisotopic (exact) mass is 271 g/mol. The molecule has 0 saturated carbocycles. The van der Waals surface area contributed by atoms with Gasteiger partial charge in [-0.1, -0.05) is 43.3 Å². The summed E-state index contributed by atoms with van der Waals surface area (Å²) in [4.78, 5) is 1.48. The van der Waals surface area contributed by atoms with Crippen molar-refractivity contribution in [1.82, 2.24) is 4.90 Å². The fraction of sp³-hybridized carbons (Fsp3) is 0.467. The Kier molecular flexibility index (Phi) is 6.09. The zero-order valence-electron chi connectivity index (χ0n) is 11.2. The summed E-state index contributed by atoms with van der Waals surface area (Å²) in [6.45, 7) is 6.06. The van der Waals surface area contributed by atoms with Gasteiger partial charge in [0, 0.05) is 6.54 Å². The average Bonchev–Trinajstić information content (AvgIpc) is 2.35. The lowest BCUT2D eigenvalue weighted by Crippen LogP contribution is -2.45. The van der Waals surface area contributed by atoms with Crippen LogP contribution < -0.4 is 0 Å². The Labute approximate surface area is 112 Å². The first-order chi connectivity index (χ1) is 8.99. The topological polar surface area (TPSA) is 3.24 Å². The van der Waals surface area contributed by atoms with Gasteiger partial charge >= 0.3 is 6.18 Å². The van der Waals surface area contributed by atoms with E-state index in [-0.39, 0.29) is 6.42 Å². The molecule has 1 aromatic rings. The Balaban J connectivity index is 2.87. The van der Waals surface area contributed by atoms with Gasteiger partial charge in [-0.3, -0.25) is 4.90 Å². The zero-order chi connectivity index (χ0) is 14.3. The summed E-state index contributed by atoms with van der Waals surface area (Å²) in [5.74, 6) is 0. The molecule has 0 aliphatic carbocycles. The molecule has 0 bridgehead atoms. The summed E-state index contributed by atoms with van der Waals surface area (Å²) in [6.07, 6.45) is -2.27. The summed E-state index contributed by atoms with van der Waals surface area (Å²) in [6, 6.07) is 7.79. The highest BCUT2D eigenvalue weighted by molar-refractivity contribution is 5.14. The van der Waals surface area contributed by atoms with E-state index >= 15 is 0 Å². The molecule has 0 aliphatic heterocycles. The van der Waals surface area contributed by atoms with E-state index in [9.17, 15) is 13.2 Å². The number of rotatable bonds is 7. The number of nitrogens with zero attached hydrogens (tertiary/aromatic N) is 1. The van der Waals surface area contributed by atoms with Crippen LogP contribution in [0.25, 0.3) is 0 Å². The fourth-order valence-electron chi connectivity index (χ4n) is 2.10. The van der Waals surface area contributed by atoms with Crippen LogP contribution in [0.3, 0.4) is 0 Å². The van der Waals surface area contributed by atoms with Crippen molar-refractivity contribution in [2.45, 2.75) is 38.5 Å². The van der Waals surface area contributed by atoms with Crippen molar-refractivity contribution in [2.75, 3.05) is 6.54 Å².